The molecule has 16 heavy (non-hydrogen) atoms. The van der Waals surface area contributed by atoms with Gasteiger partial charge >= 0.3 is 0 Å². The first-order valence-corrected chi connectivity index (χ1v) is 5.06. The fourth-order valence-electron chi connectivity index (χ4n) is 1.84. The van der Waals surface area contributed by atoms with Gasteiger partial charge in [-0.25, -0.2) is 0 Å². The van der Waals surface area contributed by atoms with Crippen molar-refractivity contribution < 1.29 is 5.11 Å². The van der Waals surface area contributed by atoms with Gasteiger partial charge in [-0.3, -0.25) is 4.98 Å². The van der Waals surface area contributed by atoms with Gasteiger partial charge in [0.05, 0.1) is 5.69 Å². The number of pyridine rings is 1. The van der Waals surface area contributed by atoms with Gasteiger partial charge in [-0.05, 0) is 30.3 Å². The van der Waals surface area contributed by atoms with E-state index >= 15 is 0 Å². The van der Waals surface area contributed by atoms with Crippen molar-refractivity contribution in [3.63, 3.8) is 0 Å². The van der Waals surface area contributed by atoms with Crippen molar-refractivity contribution in [1.29, 1.82) is 0 Å². The van der Waals surface area contributed by atoms with Gasteiger partial charge in [0, 0.05) is 28.9 Å². The highest BCUT2D eigenvalue weighted by molar-refractivity contribution is 5.95. The maximum atomic E-state index is 9.49. The average molecular weight is 210 g/mol. The van der Waals surface area contributed by atoms with Crippen LogP contribution in [0.1, 0.15) is 0 Å². The van der Waals surface area contributed by atoms with E-state index in [1.165, 1.54) is 0 Å². The van der Waals surface area contributed by atoms with E-state index in [4.69, 9.17) is 0 Å². The molecule has 0 radical (unpaired) electrons. The molecule has 3 heteroatoms. The highest BCUT2D eigenvalue weighted by atomic mass is 16.3. The lowest BCUT2D eigenvalue weighted by atomic mass is 10.1. The monoisotopic (exact) mass is 210 g/mol. The predicted molar refractivity (Wildman–Crippen MR) is 63.2 cm³/mol. The molecule has 1 aromatic carbocycles. The third kappa shape index (κ3) is 1.34. The van der Waals surface area contributed by atoms with E-state index in [-0.39, 0.29) is 5.75 Å². The molecule has 2 aromatic heterocycles. The van der Waals surface area contributed by atoms with Gasteiger partial charge in [0.25, 0.3) is 0 Å². The van der Waals surface area contributed by atoms with Crippen LogP contribution < -0.4 is 0 Å². The molecule has 78 valence electrons. The van der Waals surface area contributed by atoms with Crippen LogP contribution in [0.2, 0.25) is 0 Å². The number of fused-ring (bicyclic) bond motifs is 1. The van der Waals surface area contributed by atoms with Crippen molar-refractivity contribution >= 4 is 10.9 Å². The minimum absolute atomic E-state index is 0.268. The lowest BCUT2D eigenvalue weighted by molar-refractivity contribution is 0.476. The van der Waals surface area contributed by atoms with Crippen LogP contribution in [0.5, 0.6) is 5.75 Å². The molecule has 0 amide bonds. The highest BCUT2D eigenvalue weighted by Crippen LogP contribution is 2.29. The van der Waals surface area contributed by atoms with Crippen LogP contribution in [0.25, 0.3) is 22.2 Å². The largest absolute Gasteiger partial charge is 0.508 e. The summed E-state index contributed by atoms with van der Waals surface area (Å²) in [7, 11) is 0. The summed E-state index contributed by atoms with van der Waals surface area (Å²) in [5.41, 5.74) is 2.91. The highest BCUT2D eigenvalue weighted by Gasteiger charge is 2.06. The predicted octanol–water partition coefficient (Wildman–Crippen LogP) is 2.94. The molecular weight excluding hydrogens is 200 g/mol. The van der Waals surface area contributed by atoms with Gasteiger partial charge < -0.3 is 10.1 Å². The van der Waals surface area contributed by atoms with Crippen molar-refractivity contribution in [2.45, 2.75) is 0 Å². The number of hydrogen-bond acceptors (Lipinski definition) is 2. The topological polar surface area (TPSA) is 48.9 Å². The fourth-order valence-corrected chi connectivity index (χ4v) is 1.84. The van der Waals surface area contributed by atoms with Crippen molar-refractivity contribution in [3.8, 4) is 17.0 Å². The molecular formula is C13H10N2O. The fraction of sp³-hybridized carbons (Fsp3) is 0. The SMILES string of the molecule is Oc1ccc2[nH]cc(-c3ccccn3)c2c1. The number of benzene rings is 1. The lowest BCUT2D eigenvalue weighted by Crippen LogP contribution is -1.79. The second kappa shape index (κ2) is 3.38. The first-order chi connectivity index (χ1) is 7.84. The molecule has 0 aliphatic heterocycles. The normalized spacial score (nSPS) is 10.8. The lowest BCUT2D eigenvalue weighted by Gasteiger charge is -1.98. The molecule has 3 rings (SSSR count). The molecule has 3 nitrogen and oxygen atoms in total. The van der Waals surface area contributed by atoms with Crippen LogP contribution in [-0.2, 0) is 0 Å². The number of aromatic hydroxyl groups is 1. The molecule has 0 saturated carbocycles. The number of phenolic OH excluding ortho intramolecular Hbond substituents is 1. The summed E-state index contributed by atoms with van der Waals surface area (Å²) in [5, 5.41) is 10.5. The molecule has 0 aliphatic carbocycles. The van der Waals surface area contributed by atoms with Crippen LogP contribution in [-0.4, -0.2) is 15.1 Å². The molecule has 0 saturated heterocycles. The van der Waals surface area contributed by atoms with Crippen molar-refractivity contribution in [2.75, 3.05) is 0 Å². The quantitative estimate of drug-likeness (QED) is 0.648. The van der Waals surface area contributed by atoms with Crippen LogP contribution in [0.4, 0.5) is 0 Å². The van der Waals surface area contributed by atoms with Crippen LogP contribution in [0, 0.1) is 0 Å². The molecule has 0 bridgehead atoms. The first kappa shape index (κ1) is 8.97. The van der Waals surface area contributed by atoms with E-state index in [9.17, 15) is 5.11 Å². The Morgan fingerprint density at radius 2 is 2.06 bits per heavy atom. The van der Waals surface area contributed by atoms with Gasteiger partial charge in [0.15, 0.2) is 0 Å². The number of phenols is 1. The Kier molecular flexibility index (Phi) is 1.90. The van der Waals surface area contributed by atoms with E-state index in [1.807, 2.05) is 30.5 Å². The zero-order valence-electron chi connectivity index (χ0n) is 8.51. The summed E-state index contributed by atoms with van der Waals surface area (Å²) in [6, 6.07) is 11.1. The zero-order valence-corrected chi connectivity index (χ0v) is 8.51. The molecule has 0 aliphatic rings. The molecule has 0 unspecified atom stereocenters. The zero-order chi connectivity index (χ0) is 11.0. The summed E-state index contributed by atoms with van der Waals surface area (Å²) in [6.07, 6.45) is 3.67. The Morgan fingerprint density at radius 1 is 1.12 bits per heavy atom. The summed E-state index contributed by atoms with van der Waals surface area (Å²) < 4.78 is 0. The second-order valence-corrected chi connectivity index (χ2v) is 3.65. The van der Waals surface area contributed by atoms with Crippen LogP contribution in [0.3, 0.4) is 0 Å². The number of nitrogens with one attached hydrogen (secondary N) is 1. The Hall–Kier alpha value is -2.29. The van der Waals surface area contributed by atoms with Crippen molar-refractivity contribution in [1.82, 2.24) is 9.97 Å². The molecule has 0 atom stereocenters. The Bertz CT molecular complexity index is 629. The molecule has 3 aromatic rings. The maximum absolute atomic E-state index is 9.49. The van der Waals surface area contributed by atoms with Gasteiger partial charge in [-0.1, -0.05) is 6.07 Å². The summed E-state index contributed by atoms with van der Waals surface area (Å²) in [6.45, 7) is 0. The Balaban J connectivity index is 2.29. The number of nitrogens with zero attached hydrogens (tertiary/aromatic N) is 1. The smallest absolute Gasteiger partial charge is 0.116 e. The van der Waals surface area contributed by atoms with Gasteiger partial charge in [-0.15, -0.1) is 0 Å². The Morgan fingerprint density at radius 3 is 2.88 bits per heavy atom. The summed E-state index contributed by atoms with van der Waals surface area (Å²) >= 11 is 0. The Labute approximate surface area is 92.4 Å². The summed E-state index contributed by atoms with van der Waals surface area (Å²) in [5.74, 6) is 0.268. The molecule has 0 fully saturated rings. The van der Waals surface area contributed by atoms with Crippen LogP contribution in [0.15, 0.2) is 48.8 Å². The van der Waals surface area contributed by atoms with Gasteiger partial charge in [0.2, 0.25) is 0 Å². The third-order valence-electron chi connectivity index (χ3n) is 2.61. The standard InChI is InChI=1S/C13H10N2O/c16-9-4-5-13-10(7-9)11(8-15-13)12-3-1-2-6-14-12/h1-8,15-16H. The number of H-pyrrole nitrogens is 1. The van der Waals surface area contributed by atoms with E-state index < -0.39 is 0 Å². The average Bonchev–Trinajstić information content (AvgIpc) is 2.73. The van der Waals surface area contributed by atoms with E-state index in [2.05, 4.69) is 9.97 Å². The first-order valence-electron chi connectivity index (χ1n) is 5.06. The third-order valence-corrected chi connectivity index (χ3v) is 2.61. The van der Waals surface area contributed by atoms with Gasteiger partial charge in [-0.2, -0.15) is 0 Å². The molecule has 2 N–H and O–H groups in total. The van der Waals surface area contributed by atoms with E-state index in [1.54, 1.807) is 18.3 Å². The number of hydrogen-bond donors (Lipinski definition) is 2. The minimum Gasteiger partial charge on any atom is -0.508 e. The number of rotatable bonds is 1. The molecule has 0 spiro atoms. The number of aromatic nitrogens is 2. The van der Waals surface area contributed by atoms with Crippen molar-refractivity contribution in [3.05, 3.63) is 48.8 Å². The minimum atomic E-state index is 0.268. The summed E-state index contributed by atoms with van der Waals surface area (Å²) in [4.78, 5) is 7.46. The van der Waals surface area contributed by atoms with Crippen molar-refractivity contribution in [2.24, 2.45) is 0 Å². The van der Waals surface area contributed by atoms with Crippen LogP contribution >= 0.6 is 0 Å². The second-order valence-electron chi connectivity index (χ2n) is 3.65. The van der Waals surface area contributed by atoms with Gasteiger partial charge in [0.1, 0.15) is 5.75 Å². The molecule has 2 heterocycles. The van der Waals surface area contributed by atoms with E-state index in [0.29, 0.717) is 0 Å². The number of aromatic amines is 1. The maximum Gasteiger partial charge on any atom is 0.116 e. The van der Waals surface area contributed by atoms with E-state index in [0.717, 1.165) is 22.2 Å².